The van der Waals surface area contributed by atoms with Crippen molar-refractivity contribution in [3.63, 3.8) is 0 Å². The van der Waals surface area contributed by atoms with E-state index < -0.39 is 0 Å². The predicted octanol–water partition coefficient (Wildman–Crippen LogP) is 2.17. The van der Waals surface area contributed by atoms with Gasteiger partial charge in [-0.15, -0.1) is 0 Å². The smallest absolute Gasteiger partial charge is 0.267 e. The zero-order chi connectivity index (χ0) is 14.9. The number of aromatic nitrogens is 5. The SMILES string of the molecule is O=c1[nH]nc(-n2cc(-c3ccccn3)cn2)c2ccccc12. The zero-order valence-corrected chi connectivity index (χ0v) is 11.5. The van der Waals surface area contributed by atoms with E-state index >= 15 is 0 Å². The van der Waals surface area contributed by atoms with Crippen LogP contribution >= 0.6 is 0 Å². The van der Waals surface area contributed by atoms with Gasteiger partial charge in [0.2, 0.25) is 0 Å². The lowest BCUT2D eigenvalue weighted by Gasteiger charge is -2.03. The summed E-state index contributed by atoms with van der Waals surface area (Å²) in [6, 6.07) is 13.0. The van der Waals surface area contributed by atoms with Crippen molar-refractivity contribution in [2.24, 2.45) is 0 Å². The molecule has 22 heavy (non-hydrogen) atoms. The standard InChI is InChI=1S/C16H11N5O/c22-16-13-6-2-1-5-12(13)15(19-20-16)21-10-11(9-18-21)14-7-3-4-8-17-14/h1-10H,(H,20,22). The van der Waals surface area contributed by atoms with Crippen molar-refractivity contribution in [3.8, 4) is 17.1 Å². The van der Waals surface area contributed by atoms with Crippen molar-refractivity contribution in [1.29, 1.82) is 0 Å². The lowest BCUT2D eigenvalue weighted by molar-refractivity contribution is 0.819. The number of fused-ring (bicyclic) bond motifs is 1. The Morgan fingerprint density at radius 1 is 1.00 bits per heavy atom. The Bertz CT molecular complexity index is 1000. The van der Waals surface area contributed by atoms with Crippen LogP contribution in [0.4, 0.5) is 0 Å². The third-order valence-corrected chi connectivity index (χ3v) is 3.44. The summed E-state index contributed by atoms with van der Waals surface area (Å²) in [5, 5.41) is 12.3. The molecule has 0 spiro atoms. The number of benzene rings is 1. The molecule has 106 valence electrons. The first kappa shape index (κ1) is 12.5. The first-order chi connectivity index (χ1) is 10.8. The topological polar surface area (TPSA) is 76.5 Å². The summed E-state index contributed by atoms with van der Waals surface area (Å²) in [7, 11) is 0. The zero-order valence-electron chi connectivity index (χ0n) is 11.5. The van der Waals surface area contributed by atoms with Gasteiger partial charge in [0, 0.05) is 23.3 Å². The first-order valence-corrected chi connectivity index (χ1v) is 6.77. The Labute approximate surface area is 125 Å². The van der Waals surface area contributed by atoms with Crippen LogP contribution in [0.25, 0.3) is 27.8 Å². The number of aromatic amines is 1. The highest BCUT2D eigenvalue weighted by Crippen LogP contribution is 2.20. The summed E-state index contributed by atoms with van der Waals surface area (Å²) in [6.45, 7) is 0. The van der Waals surface area contributed by atoms with Gasteiger partial charge in [0.25, 0.3) is 5.56 Å². The molecule has 0 atom stereocenters. The highest BCUT2D eigenvalue weighted by molar-refractivity contribution is 5.87. The van der Waals surface area contributed by atoms with Crippen molar-refractivity contribution in [3.05, 3.63) is 71.4 Å². The summed E-state index contributed by atoms with van der Waals surface area (Å²) in [5.41, 5.74) is 1.51. The maximum Gasteiger partial charge on any atom is 0.272 e. The molecule has 3 aromatic heterocycles. The second kappa shape index (κ2) is 4.92. The van der Waals surface area contributed by atoms with Crippen LogP contribution in [-0.4, -0.2) is 25.0 Å². The largest absolute Gasteiger partial charge is 0.272 e. The number of nitrogens with zero attached hydrogens (tertiary/aromatic N) is 4. The van der Waals surface area contributed by atoms with E-state index in [-0.39, 0.29) is 5.56 Å². The quantitative estimate of drug-likeness (QED) is 0.613. The van der Waals surface area contributed by atoms with Crippen LogP contribution in [0.2, 0.25) is 0 Å². The molecule has 0 saturated heterocycles. The number of rotatable bonds is 2. The van der Waals surface area contributed by atoms with Gasteiger partial charge < -0.3 is 0 Å². The number of hydrogen-bond donors (Lipinski definition) is 1. The van der Waals surface area contributed by atoms with Crippen LogP contribution < -0.4 is 5.56 Å². The van der Waals surface area contributed by atoms with Gasteiger partial charge in [0.05, 0.1) is 17.3 Å². The fraction of sp³-hybridized carbons (Fsp3) is 0. The van der Waals surface area contributed by atoms with Gasteiger partial charge in [-0.25, -0.2) is 9.78 Å². The Kier molecular flexibility index (Phi) is 2.79. The Morgan fingerprint density at radius 2 is 1.82 bits per heavy atom. The van der Waals surface area contributed by atoms with Crippen LogP contribution in [0, 0.1) is 0 Å². The van der Waals surface area contributed by atoms with E-state index in [4.69, 9.17) is 0 Å². The maximum absolute atomic E-state index is 11.8. The predicted molar refractivity (Wildman–Crippen MR) is 82.7 cm³/mol. The third kappa shape index (κ3) is 1.98. The van der Waals surface area contributed by atoms with E-state index in [0.717, 1.165) is 16.6 Å². The molecule has 0 amide bonds. The van der Waals surface area contributed by atoms with Gasteiger partial charge in [-0.2, -0.15) is 10.2 Å². The molecule has 3 heterocycles. The molecule has 6 heteroatoms. The van der Waals surface area contributed by atoms with Crippen LogP contribution in [0.15, 0.2) is 65.8 Å². The third-order valence-electron chi connectivity index (χ3n) is 3.44. The molecule has 0 aliphatic carbocycles. The molecule has 0 aliphatic rings. The lowest BCUT2D eigenvalue weighted by atomic mass is 10.2. The Hall–Kier alpha value is -3.28. The second-order valence-corrected chi connectivity index (χ2v) is 4.81. The molecule has 1 aromatic carbocycles. The minimum absolute atomic E-state index is 0.212. The minimum atomic E-state index is -0.212. The van der Waals surface area contributed by atoms with E-state index in [1.165, 1.54) is 0 Å². The molecular formula is C16H11N5O. The van der Waals surface area contributed by atoms with Crippen molar-refractivity contribution in [2.75, 3.05) is 0 Å². The van der Waals surface area contributed by atoms with E-state index in [1.54, 1.807) is 23.1 Å². The molecular weight excluding hydrogens is 278 g/mol. The summed E-state index contributed by atoms with van der Waals surface area (Å²) in [4.78, 5) is 16.1. The fourth-order valence-electron chi connectivity index (χ4n) is 2.38. The van der Waals surface area contributed by atoms with Gasteiger partial charge in [0.15, 0.2) is 5.82 Å². The highest BCUT2D eigenvalue weighted by Gasteiger charge is 2.10. The number of pyridine rings is 1. The number of nitrogens with one attached hydrogen (secondary N) is 1. The van der Waals surface area contributed by atoms with Crippen molar-refractivity contribution < 1.29 is 0 Å². The van der Waals surface area contributed by atoms with Crippen LogP contribution in [0.5, 0.6) is 0 Å². The molecule has 0 bridgehead atoms. The fourth-order valence-corrected chi connectivity index (χ4v) is 2.38. The van der Waals surface area contributed by atoms with Gasteiger partial charge in [-0.1, -0.05) is 24.3 Å². The molecule has 4 aromatic rings. The lowest BCUT2D eigenvalue weighted by Crippen LogP contribution is -2.12. The molecule has 4 rings (SSSR count). The summed E-state index contributed by atoms with van der Waals surface area (Å²) in [6.07, 6.45) is 5.31. The van der Waals surface area contributed by atoms with Crippen molar-refractivity contribution in [1.82, 2.24) is 25.0 Å². The molecule has 0 unspecified atom stereocenters. The summed E-state index contributed by atoms with van der Waals surface area (Å²) < 4.78 is 1.64. The molecule has 0 aliphatic heterocycles. The van der Waals surface area contributed by atoms with Gasteiger partial charge in [-0.05, 0) is 18.2 Å². The average molecular weight is 289 g/mol. The van der Waals surface area contributed by atoms with Gasteiger partial charge in [0.1, 0.15) is 0 Å². The monoisotopic (exact) mass is 289 g/mol. The maximum atomic E-state index is 11.8. The molecule has 0 saturated carbocycles. The Balaban J connectivity index is 1.89. The normalized spacial score (nSPS) is 10.9. The number of H-pyrrole nitrogens is 1. The highest BCUT2D eigenvalue weighted by atomic mass is 16.1. The van der Waals surface area contributed by atoms with Crippen LogP contribution in [0.1, 0.15) is 0 Å². The summed E-state index contributed by atoms with van der Waals surface area (Å²) in [5.74, 6) is 0.581. The molecule has 6 nitrogen and oxygen atoms in total. The molecule has 1 N–H and O–H groups in total. The van der Waals surface area contributed by atoms with Gasteiger partial charge >= 0.3 is 0 Å². The van der Waals surface area contributed by atoms with Crippen molar-refractivity contribution >= 4 is 10.8 Å². The molecule has 0 fully saturated rings. The van der Waals surface area contributed by atoms with E-state index in [9.17, 15) is 4.79 Å². The van der Waals surface area contributed by atoms with E-state index in [0.29, 0.717) is 11.2 Å². The van der Waals surface area contributed by atoms with E-state index in [2.05, 4.69) is 20.3 Å². The molecule has 0 radical (unpaired) electrons. The van der Waals surface area contributed by atoms with Crippen LogP contribution in [-0.2, 0) is 0 Å². The Morgan fingerprint density at radius 3 is 2.64 bits per heavy atom. The first-order valence-electron chi connectivity index (χ1n) is 6.77. The average Bonchev–Trinajstić information content (AvgIpc) is 3.06. The van der Waals surface area contributed by atoms with Crippen molar-refractivity contribution in [2.45, 2.75) is 0 Å². The second-order valence-electron chi connectivity index (χ2n) is 4.81. The minimum Gasteiger partial charge on any atom is -0.267 e. The van der Waals surface area contributed by atoms with Gasteiger partial charge in [-0.3, -0.25) is 9.78 Å². The van der Waals surface area contributed by atoms with E-state index in [1.807, 2.05) is 42.6 Å². The number of hydrogen-bond acceptors (Lipinski definition) is 4. The summed E-state index contributed by atoms with van der Waals surface area (Å²) >= 11 is 0. The van der Waals surface area contributed by atoms with Crippen LogP contribution in [0.3, 0.4) is 0 Å².